The van der Waals surface area contributed by atoms with Crippen molar-refractivity contribution in [2.45, 2.75) is 19.6 Å². The van der Waals surface area contributed by atoms with Crippen LogP contribution in [-0.2, 0) is 13.2 Å². The molecule has 0 saturated heterocycles. The second-order valence-electron chi connectivity index (χ2n) is 5.52. The van der Waals surface area contributed by atoms with Gasteiger partial charge in [0.25, 0.3) is 0 Å². The van der Waals surface area contributed by atoms with E-state index in [9.17, 15) is 0 Å². The van der Waals surface area contributed by atoms with E-state index < -0.39 is 0 Å². The molecule has 0 saturated carbocycles. The highest BCUT2D eigenvalue weighted by molar-refractivity contribution is 6.32. The lowest BCUT2D eigenvalue weighted by molar-refractivity contribution is 0.284. The van der Waals surface area contributed by atoms with Gasteiger partial charge in [-0.3, -0.25) is 0 Å². The van der Waals surface area contributed by atoms with Gasteiger partial charge in [0, 0.05) is 6.54 Å². The summed E-state index contributed by atoms with van der Waals surface area (Å²) in [5, 5.41) is 7.10. The van der Waals surface area contributed by atoms with Gasteiger partial charge >= 0.3 is 0 Å². The summed E-state index contributed by atoms with van der Waals surface area (Å²) in [5.41, 5.74) is 2.17. The van der Waals surface area contributed by atoms with Crippen LogP contribution < -0.4 is 20.1 Å². The molecule has 2 rings (SSSR count). The van der Waals surface area contributed by atoms with Crippen LogP contribution in [0, 0.1) is 0 Å². The lowest BCUT2D eigenvalue weighted by Crippen LogP contribution is -2.19. The third-order valence-electron chi connectivity index (χ3n) is 3.62. The molecule has 2 N–H and O–H groups in total. The van der Waals surface area contributed by atoms with Crippen molar-refractivity contribution in [3.05, 3.63) is 58.6 Å². The highest BCUT2D eigenvalue weighted by Gasteiger charge is 2.12. The monoisotopic (exact) mass is 348 g/mol. The molecule has 24 heavy (non-hydrogen) atoms. The molecule has 0 bridgehead atoms. The van der Waals surface area contributed by atoms with Crippen molar-refractivity contribution in [2.24, 2.45) is 0 Å². The summed E-state index contributed by atoms with van der Waals surface area (Å²) in [4.78, 5) is 0. The van der Waals surface area contributed by atoms with E-state index >= 15 is 0 Å². The molecule has 0 aliphatic rings. The number of nitrogens with one attached hydrogen (secondary N) is 2. The second kappa shape index (κ2) is 10.2. The Morgan fingerprint density at radius 3 is 2.54 bits per heavy atom. The Labute approximate surface area is 149 Å². The maximum Gasteiger partial charge on any atom is 0.180 e. The first-order valence-electron chi connectivity index (χ1n) is 8.13. The van der Waals surface area contributed by atoms with E-state index in [4.69, 9.17) is 21.1 Å². The molecule has 2 aromatic carbocycles. The van der Waals surface area contributed by atoms with E-state index in [0.29, 0.717) is 23.1 Å². The zero-order chi connectivity index (χ0) is 17.2. The van der Waals surface area contributed by atoms with Crippen LogP contribution in [0.25, 0.3) is 0 Å². The van der Waals surface area contributed by atoms with Gasteiger partial charge in [-0.15, -0.1) is 0 Å². The number of hydrogen-bond donors (Lipinski definition) is 2. The van der Waals surface area contributed by atoms with Gasteiger partial charge < -0.3 is 20.1 Å². The van der Waals surface area contributed by atoms with Gasteiger partial charge in [-0.1, -0.05) is 41.9 Å². The molecule has 0 radical (unpaired) electrons. The lowest BCUT2D eigenvalue weighted by atomic mass is 10.2. The third kappa shape index (κ3) is 5.71. The van der Waals surface area contributed by atoms with Crippen molar-refractivity contribution in [3.8, 4) is 11.5 Å². The minimum atomic E-state index is 0.457. The number of methoxy groups -OCH3 is 1. The zero-order valence-corrected chi connectivity index (χ0v) is 15.0. The summed E-state index contributed by atoms with van der Waals surface area (Å²) >= 11 is 6.40. The number of halogens is 1. The maximum atomic E-state index is 6.40. The Balaban J connectivity index is 1.98. The van der Waals surface area contributed by atoms with Gasteiger partial charge in [-0.05, 0) is 49.8 Å². The Bertz CT molecular complexity index is 620. The molecule has 0 amide bonds. The van der Waals surface area contributed by atoms with E-state index in [0.717, 1.165) is 37.2 Å². The molecule has 5 heteroatoms. The molecule has 0 aliphatic heterocycles. The van der Waals surface area contributed by atoms with Gasteiger partial charge in [0.15, 0.2) is 11.5 Å². The quantitative estimate of drug-likeness (QED) is 0.643. The van der Waals surface area contributed by atoms with E-state index in [2.05, 4.69) is 10.6 Å². The number of ether oxygens (including phenoxy) is 2. The molecule has 0 unspecified atom stereocenters. The number of benzene rings is 2. The smallest absolute Gasteiger partial charge is 0.180 e. The molecule has 0 heterocycles. The summed E-state index contributed by atoms with van der Waals surface area (Å²) in [6, 6.07) is 13.9. The normalized spacial score (nSPS) is 10.6. The highest BCUT2D eigenvalue weighted by atomic mass is 35.5. The molecule has 0 spiro atoms. The Hall–Kier alpha value is -1.75. The fourth-order valence-electron chi connectivity index (χ4n) is 2.37. The van der Waals surface area contributed by atoms with Crippen LogP contribution in [0.2, 0.25) is 5.02 Å². The predicted octanol–water partition coefficient (Wildman–Crippen LogP) is 3.63. The Morgan fingerprint density at radius 1 is 1.04 bits per heavy atom. The average molecular weight is 349 g/mol. The van der Waals surface area contributed by atoms with Crippen molar-refractivity contribution in [3.63, 3.8) is 0 Å². The first kappa shape index (κ1) is 18.6. The first-order chi connectivity index (χ1) is 11.7. The lowest BCUT2D eigenvalue weighted by Gasteiger charge is -2.14. The fraction of sp³-hybridized carbons (Fsp3) is 0.368. The van der Waals surface area contributed by atoms with Gasteiger partial charge in [-0.2, -0.15) is 0 Å². The number of hydrogen-bond acceptors (Lipinski definition) is 4. The van der Waals surface area contributed by atoms with Crippen LogP contribution in [0.1, 0.15) is 17.5 Å². The van der Waals surface area contributed by atoms with E-state index in [-0.39, 0.29) is 0 Å². The van der Waals surface area contributed by atoms with Gasteiger partial charge in [-0.25, -0.2) is 0 Å². The van der Waals surface area contributed by atoms with Crippen LogP contribution in [0.5, 0.6) is 11.5 Å². The molecule has 0 aromatic heterocycles. The van der Waals surface area contributed by atoms with Gasteiger partial charge in [0.2, 0.25) is 0 Å². The Kier molecular flexibility index (Phi) is 7.89. The molecule has 0 aliphatic carbocycles. The van der Waals surface area contributed by atoms with E-state index in [1.165, 1.54) is 0 Å². The van der Waals surface area contributed by atoms with Crippen LogP contribution >= 0.6 is 11.6 Å². The minimum absolute atomic E-state index is 0.457. The molecule has 0 atom stereocenters. The Morgan fingerprint density at radius 2 is 1.83 bits per heavy atom. The summed E-state index contributed by atoms with van der Waals surface area (Å²) in [5.74, 6) is 1.24. The van der Waals surface area contributed by atoms with Crippen LogP contribution in [0.15, 0.2) is 42.5 Å². The van der Waals surface area contributed by atoms with Crippen LogP contribution in [-0.4, -0.2) is 27.2 Å². The summed E-state index contributed by atoms with van der Waals surface area (Å²) in [7, 11) is 3.59. The highest BCUT2D eigenvalue weighted by Crippen LogP contribution is 2.36. The summed E-state index contributed by atoms with van der Waals surface area (Å²) in [6.45, 7) is 3.16. The molecular weight excluding hydrogens is 324 g/mol. The van der Waals surface area contributed by atoms with E-state index in [1.807, 2.05) is 49.5 Å². The van der Waals surface area contributed by atoms with Crippen molar-refractivity contribution in [1.29, 1.82) is 0 Å². The van der Waals surface area contributed by atoms with Crippen molar-refractivity contribution < 1.29 is 9.47 Å². The average Bonchev–Trinajstić information content (AvgIpc) is 2.61. The fourth-order valence-corrected chi connectivity index (χ4v) is 2.66. The number of rotatable bonds is 10. The van der Waals surface area contributed by atoms with Gasteiger partial charge in [0.05, 0.1) is 12.1 Å². The third-order valence-corrected chi connectivity index (χ3v) is 3.91. The largest absolute Gasteiger partial charge is 0.493 e. The molecule has 130 valence electrons. The minimum Gasteiger partial charge on any atom is -0.493 e. The molecular formula is C19H25ClN2O2. The van der Waals surface area contributed by atoms with Crippen molar-refractivity contribution in [2.75, 3.05) is 27.2 Å². The summed E-state index contributed by atoms with van der Waals surface area (Å²) in [6.07, 6.45) is 1.08. The van der Waals surface area contributed by atoms with Crippen molar-refractivity contribution in [1.82, 2.24) is 10.6 Å². The van der Waals surface area contributed by atoms with Gasteiger partial charge in [0.1, 0.15) is 6.61 Å². The standard InChI is InChI=1S/C19H25ClN2O2/c1-21-9-6-10-22-13-16-11-17(20)19(18(12-16)23-2)24-14-15-7-4-3-5-8-15/h3-5,7-8,11-12,21-22H,6,9-10,13-14H2,1-2H3. The second-order valence-corrected chi connectivity index (χ2v) is 5.92. The predicted molar refractivity (Wildman–Crippen MR) is 99.0 cm³/mol. The van der Waals surface area contributed by atoms with E-state index in [1.54, 1.807) is 7.11 Å². The molecule has 0 fully saturated rings. The zero-order valence-electron chi connectivity index (χ0n) is 14.3. The molecule has 4 nitrogen and oxygen atoms in total. The van der Waals surface area contributed by atoms with Crippen LogP contribution in [0.3, 0.4) is 0 Å². The van der Waals surface area contributed by atoms with Crippen LogP contribution in [0.4, 0.5) is 0 Å². The van der Waals surface area contributed by atoms with Crippen molar-refractivity contribution >= 4 is 11.6 Å². The maximum absolute atomic E-state index is 6.40. The first-order valence-corrected chi connectivity index (χ1v) is 8.51. The summed E-state index contributed by atoms with van der Waals surface area (Å²) < 4.78 is 11.3. The molecule has 2 aromatic rings. The topological polar surface area (TPSA) is 42.5 Å². The SMILES string of the molecule is CNCCCNCc1cc(Cl)c(OCc2ccccc2)c(OC)c1.